The van der Waals surface area contributed by atoms with E-state index in [1.165, 1.54) is 103 Å². The Hall–Kier alpha value is -2.63. The van der Waals surface area contributed by atoms with Crippen LogP contribution in [-0.2, 0) is 28.6 Å². The maximum absolute atomic E-state index is 12.7. The number of hydrogen-bond donors (Lipinski definition) is 0. The zero-order valence-electron chi connectivity index (χ0n) is 34.8. The largest absolute Gasteiger partial charge is 0.462 e. The number of unbranched alkanes of at least 4 members (excludes halogenated alkanes) is 20. The van der Waals surface area contributed by atoms with Crippen LogP contribution in [0.25, 0.3) is 0 Å². The minimum absolute atomic E-state index is 0.106. The Bertz CT molecular complexity index is 949. The van der Waals surface area contributed by atoms with Crippen LogP contribution >= 0.6 is 0 Å². The molecule has 0 aromatic rings. The van der Waals surface area contributed by atoms with Crippen LogP contribution in [-0.4, -0.2) is 37.2 Å². The van der Waals surface area contributed by atoms with Crippen molar-refractivity contribution in [2.24, 2.45) is 0 Å². The molecule has 0 aliphatic heterocycles. The van der Waals surface area contributed by atoms with Crippen molar-refractivity contribution in [3.8, 4) is 0 Å². The van der Waals surface area contributed by atoms with Crippen LogP contribution in [0.2, 0.25) is 0 Å². The molecule has 0 heterocycles. The molecule has 1 atom stereocenters. The maximum atomic E-state index is 12.7. The van der Waals surface area contributed by atoms with Crippen molar-refractivity contribution in [1.29, 1.82) is 0 Å². The highest BCUT2D eigenvalue weighted by Gasteiger charge is 2.19. The fourth-order valence-corrected chi connectivity index (χ4v) is 6.00. The fraction of sp³-hybridized carbons (Fsp3) is 0.766. The van der Waals surface area contributed by atoms with Crippen molar-refractivity contribution in [1.82, 2.24) is 0 Å². The minimum atomic E-state index is -0.802. The smallest absolute Gasteiger partial charge is 0.306 e. The number of ether oxygens (including phenoxy) is 3. The molecule has 0 rings (SSSR count). The molecule has 53 heavy (non-hydrogen) atoms. The van der Waals surface area contributed by atoms with E-state index in [1.54, 1.807) is 0 Å². The van der Waals surface area contributed by atoms with E-state index in [0.29, 0.717) is 19.3 Å². The first-order valence-corrected chi connectivity index (χ1v) is 22.1. The SMILES string of the molecule is CC/C=C\C/C=C\CCCCC(=O)OCC(COC(=O)CC/C=C\C/C=C\CCCCCCCC)OC(=O)CCCCCCCCCCCCCCC. The monoisotopic (exact) mass is 743 g/mol. The third-order valence-electron chi connectivity index (χ3n) is 9.33. The standard InChI is InChI=1S/C47H82O6/c1-4-7-10-13-16-19-21-23-25-28-31-34-37-40-46(49)52-43-44(42-51-45(48)39-36-33-30-27-18-15-12-9-6-3)53-47(50)41-38-35-32-29-26-24-22-20-17-14-11-8-5-2/h9,12,18,23,25,27,31,34,44H,4-8,10-11,13-17,19-22,24,26,28-30,32-33,35-43H2,1-3H3/b12-9-,25-23-,27-18-,34-31-. The lowest BCUT2D eigenvalue weighted by Crippen LogP contribution is -2.30. The van der Waals surface area contributed by atoms with E-state index in [-0.39, 0.29) is 37.5 Å². The van der Waals surface area contributed by atoms with Crippen LogP contribution in [0, 0.1) is 0 Å². The molecule has 0 aromatic heterocycles. The number of hydrogen-bond acceptors (Lipinski definition) is 6. The van der Waals surface area contributed by atoms with Gasteiger partial charge in [0.15, 0.2) is 6.10 Å². The molecule has 0 saturated heterocycles. The van der Waals surface area contributed by atoms with Gasteiger partial charge in [-0.05, 0) is 64.2 Å². The summed E-state index contributed by atoms with van der Waals surface area (Å²) in [6, 6.07) is 0. The second kappa shape index (κ2) is 42.1. The topological polar surface area (TPSA) is 78.9 Å². The molecule has 0 aliphatic rings. The van der Waals surface area contributed by atoms with Crippen LogP contribution in [0.15, 0.2) is 48.6 Å². The molecule has 306 valence electrons. The highest BCUT2D eigenvalue weighted by Crippen LogP contribution is 2.14. The number of carbonyl (C=O) groups excluding carboxylic acids is 3. The van der Waals surface area contributed by atoms with Gasteiger partial charge in [-0.2, -0.15) is 0 Å². The van der Waals surface area contributed by atoms with Crippen LogP contribution in [0.1, 0.15) is 213 Å². The van der Waals surface area contributed by atoms with E-state index in [0.717, 1.165) is 64.2 Å². The van der Waals surface area contributed by atoms with Gasteiger partial charge < -0.3 is 14.2 Å². The highest BCUT2D eigenvalue weighted by atomic mass is 16.6. The van der Waals surface area contributed by atoms with Gasteiger partial charge in [-0.25, -0.2) is 0 Å². The van der Waals surface area contributed by atoms with E-state index in [4.69, 9.17) is 14.2 Å². The van der Waals surface area contributed by atoms with Crippen LogP contribution < -0.4 is 0 Å². The summed E-state index contributed by atoms with van der Waals surface area (Å²) in [7, 11) is 0. The molecule has 0 saturated carbocycles. The number of carbonyl (C=O) groups is 3. The van der Waals surface area contributed by atoms with Gasteiger partial charge in [0.05, 0.1) is 0 Å². The predicted octanol–water partition coefficient (Wildman–Crippen LogP) is 14.0. The predicted molar refractivity (Wildman–Crippen MR) is 224 cm³/mol. The Balaban J connectivity index is 4.45. The molecule has 0 aromatic carbocycles. The molecule has 0 fully saturated rings. The minimum Gasteiger partial charge on any atom is -0.462 e. The molecular formula is C47H82O6. The lowest BCUT2D eigenvalue weighted by atomic mass is 10.0. The first-order valence-electron chi connectivity index (χ1n) is 22.1. The molecule has 0 spiro atoms. The second-order valence-electron chi connectivity index (χ2n) is 14.6. The van der Waals surface area contributed by atoms with Crippen molar-refractivity contribution in [2.45, 2.75) is 219 Å². The zero-order chi connectivity index (χ0) is 38.7. The van der Waals surface area contributed by atoms with Gasteiger partial charge in [-0.15, -0.1) is 0 Å². The molecule has 6 heteroatoms. The van der Waals surface area contributed by atoms with E-state index < -0.39 is 6.10 Å². The zero-order valence-corrected chi connectivity index (χ0v) is 34.8. The highest BCUT2D eigenvalue weighted by molar-refractivity contribution is 5.71. The second-order valence-corrected chi connectivity index (χ2v) is 14.6. The van der Waals surface area contributed by atoms with Gasteiger partial charge in [0.25, 0.3) is 0 Å². The third-order valence-corrected chi connectivity index (χ3v) is 9.33. The summed E-state index contributed by atoms with van der Waals surface area (Å²) < 4.78 is 16.6. The summed E-state index contributed by atoms with van der Waals surface area (Å²) in [5.41, 5.74) is 0. The molecule has 1 unspecified atom stereocenters. The summed E-state index contributed by atoms with van der Waals surface area (Å²) in [6.45, 7) is 6.41. The molecule has 0 N–H and O–H groups in total. The molecule has 0 radical (unpaired) electrons. The molecule has 6 nitrogen and oxygen atoms in total. The van der Waals surface area contributed by atoms with Gasteiger partial charge in [0, 0.05) is 19.3 Å². The van der Waals surface area contributed by atoms with Gasteiger partial charge in [-0.3, -0.25) is 14.4 Å². The van der Waals surface area contributed by atoms with Crippen molar-refractivity contribution in [3.63, 3.8) is 0 Å². The summed E-state index contributed by atoms with van der Waals surface area (Å²) >= 11 is 0. The van der Waals surface area contributed by atoms with Gasteiger partial charge in [0.1, 0.15) is 13.2 Å². The Labute approximate surface area is 327 Å². The van der Waals surface area contributed by atoms with Crippen LogP contribution in [0.3, 0.4) is 0 Å². The lowest BCUT2D eigenvalue weighted by Gasteiger charge is -2.18. The van der Waals surface area contributed by atoms with Crippen molar-refractivity contribution in [3.05, 3.63) is 48.6 Å². The molecule has 0 amide bonds. The Morgan fingerprint density at radius 2 is 0.774 bits per heavy atom. The average Bonchev–Trinajstić information content (AvgIpc) is 3.15. The van der Waals surface area contributed by atoms with E-state index in [1.807, 2.05) is 6.08 Å². The maximum Gasteiger partial charge on any atom is 0.306 e. The van der Waals surface area contributed by atoms with Gasteiger partial charge in [-0.1, -0.05) is 179 Å². The van der Waals surface area contributed by atoms with Crippen LogP contribution in [0.4, 0.5) is 0 Å². The normalized spacial score (nSPS) is 12.4. The molecule has 0 aliphatic carbocycles. The van der Waals surface area contributed by atoms with E-state index >= 15 is 0 Å². The van der Waals surface area contributed by atoms with E-state index in [9.17, 15) is 14.4 Å². The third kappa shape index (κ3) is 40.4. The first kappa shape index (κ1) is 50.4. The van der Waals surface area contributed by atoms with Crippen molar-refractivity contribution >= 4 is 17.9 Å². The number of allylic oxidation sites excluding steroid dienone is 8. The summed E-state index contributed by atoms with van der Waals surface area (Å²) in [5, 5.41) is 0. The van der Waals surface area contributed by atoms with Crippen molar-refractivity contribution in [2.75, 3.05) is 13.2 Å². The first-order chi connectivity index (χ1) is 26.0. The van der Waals surface area contributed by atoms with E-state index in [2.05, 4.69) is 63.3 Å². The van der Waals surface area contributed by atoms with Crippen molar-refractivity contribution < 1.29 is 28.6 Å². The van der Waals surface area contributed by atoms with Crippen LogP contribution in [0.5, 0.6) is 0 Å². The Morgan fingerprint density at radius 1 is 0.396 bits per heavy atom. The van der Waals surface area contributed by atoms with Gasteiger partial charge in [0.2, 0.25) is 0 Å². The molecular weight excluding hydrogens is 661 g/mol. The summed E-state index contributed by atoms with van der Waals surface area (Å²) in [6.07, 6.45) is 48.3. The van der Waals surface area contributed by atoms with Gasteiger partial charge >= 0.3 is 17.9 Å². The summed E-state index contributed by atoms with van der Waals surface area (Å²) in [5.74, 6) is -1.01. The fourth-order valence-electron chi connectivity index (χ4n) is 6.00. The Kier molecular flexibility index (Phi) is 40.0. The average molecular weight is 743 g/mol. The number of esters is 3. The summed E-state index contributed by atoms with van der Waals surface area (Å²) in [4.78, 5) is 37.6. The molecule has 0 bridgehead atoms. The Morgan fingerprint density at radius 3 is 1.28 bits per heavy atom. The lowest BCUT2D eigenvalue weighted by molar-refractivity contribution is -0.166. The quantitative estimate of drug-likeness (QED) is 0.0270. The number of rotatable bonds is 39.